The summed E-state index contributed by atoms with van der Waals surface area (Å²) in [5.74, 6) is 0.805. The van der Waals surface area contributed by atoms with Crippen LogP contribution in [0.2, 0.25) is 0 Å². The van der Waals surface area contributed by atoms with E-state index in [1.807, 2.05) is 45.0 Å². The van der Waals surface area contributed by atoms with Crippen LogP contribution in [0.15, 0.2) is 24.3 Å². The molecule has 0 fully saturated rings. The maximum Gasteiger partial charge on any atom is 0.242 e. The van der Waals surface area contributed by atoms with E-state index >= 15 is 0 Å². The van der Waals surface area contributed by atoms with Crippen molar-refractivity contribution >= 4 is 5.91 Å². The van der Waals surface area contributed by atoms with Crippen molar-refractivity contribution in [1.82, 2.24) is 4.90 Å². The summed E-state index contributed by atoms with van der Waals surface area (Å²) < 4.78 is 5.59. The number of nitrogens with two attached hydrogens (primary N) is 1. The third-order valence-corrected chi connectivity index (χ3v) is 3.71. The zero-order valence-electron chi connectivity index (χ0n) is 13.0. The Morgan fingerprint density at radius 3 is 2.40 bits per heavy atom. The molecule has 0 aromatic heterocycles. The molecule has 1 aromatic carbocycles. The van der Waals surface area contributed by atoms with Gasteiger partial charge in [-0.15, -0.1) is 0 Å². The molecule has 112 valence electrons. The Morgan fingerprint density at radius 1 is 1.25 bits per heavy atom. The molecule has 0 aliphatic rings. The summed E-state index contributed by atoms with van der Waals surface area (Å²) in [4.78, 5) is 14.1. The molecule has 0 aliphatic heterocycles. The van der Waals surface area contributed by atoms with Crippen molar-refractivity contribution in [1.29, 1.82) is 0 Å². The number of likely N-dealkylation sites (N-methyl/N-ethyl adjacent to an activating group) is 1. The van der Waals surface area contributed by atoms with Gasteiger partial charge in [0.1, 0.15) is 5.75 Å². The van der Waals surface area contributed by atoms with Crippen LogP contribution in [-0.2, 0) is 11.3 Å². The molecule has 0 aliphatic carbocycles. The Morgan fingerprint density at radius 2 is 1.85 bits per heavy atom. The van der Waals surface area contributed by atoms with Crippen molar-refractivity contribution in [3.05, 3.63) is 29.8 Å². The Hall–Kier alpha value is -1.55. The molecule has 20 heavy (non-hydrogen) atoms. The standard InChI is InChI=1S/C16H26N2O2/c1-5-16(17,6-2)15(19)18(4)12-13-10-8-9-11-14(13)20-7-3/h8-11H,5-7,12,17H2,1-4H3. The van der Waals surface area contributed by atoms with Gasteiger partial charge in [-0.2, -0.15) is 0 Å². The molecule has 1 rings (SSSR count). The van der Waals surface area contributed by atoms with Crippen LogP contribution in [0.25, 0.3) is 0 Å². The van der Waals surface area contributed by atoms with E-state index in [2.05, 4.69) is 0 Å². The highest BCUT2D eigenvalue weighted by Crippen LogP contribution is 2.21. The van der Waals surface area contributed by atoms with Gasteiger partial charge in [0.05, 0.1) is 12.1 Å². The van der Waals surface area contributed by atoms with Crippen molar-refractivity contribution < 1.29 is 9.53 Å². The van der Waals surface area contributed by atoms with Crippen molar-refractivity contribution in [2.24, 2.45) is 5.73 Å². The van der Waals surface area contributed by atoms with Crippen molar-refractivity contribution in [2.75, 3.05) is 13.7 Å². The van der Waals surface area contributed by atoms with Crippen molar-refractivity contribution in [3.8, 4) is 5.75 Å². The topological polar surface area (TPSA) is 55.6 Å². The van der Waals surface area contributed by atoms with Crippen LogP contribution in [0.4, 0.5) is 0 Å². The molecule has 4 heteroatoms. The van der Waals surface area contributed by atoms with Gasteiger partial charge in [0, 0.05) is 19.2 Å². The molecular formula is C16H26N2O2. The summed E-state index contributed by atoms with van der Waals surface area (Å²) in [7, 11) is 1.79. The van der Waals surface area contributed by atoms with E-state index in [-0.39, 0.29) is 5.91 Å². The number of rotatable bonds is 7. The quantitative estimate of drug-likeness (QED) is 0.834. The molecule has 4 nitrogen and oxygen atoms in total. The van der Waals surface area contributed by atoms with Crippen molar-refractivity contribution in [2.45, 2.75) is 45.7 Å². The fourth-order valence-electron chi connectivity index (χ4n) is 2.19. The third-order valence-electron chi connectivity index (χ3n) is 3.71. The van der Waals surface area contributed by atoms with E-state index in [9.17, 15) is 4.79 Å². The predicted octanol–water partition coefficient (Wildman–Crippen LogP) is 2.56. The van der Waals surface area contributed by atoms with Gasteiger partial charge in [-0.1, -0.05) is 32.0 Å². The van der Waals surface area contributed by atoms with E-state index in [0.717, 1.165) is 11.3 Å². The van der Waals surface area contributed by atoms with Crippen LogP contribution in [0.3, 0.4) is 0 Å². The first-order chi connectivity index (χ1) is 9.48. The third kappa shape index (κ3) is 3.73. The second kappa shape index (κ2) is 7.29. The highest BCUT2D eigenvalue weighted by atomic mass is 16.5. The Bertz CT molecular complexity index is 442. The molecule has 0 saturated heterocycles. The molecule has 0 atom stereocenters. The molecular weight excluding hydrogens is 252 g/mol. The van der Waals surface area contributed by atoms with E-state index < -0.39 is 5.54 Å². The molecule has 0 unspecified atom stereocenters. The van der Waals surface area contributed by atoms with Crippen molar-refractivity contribution in [3.63, 3.8) is 0 Å². The van der Waals surface area contributed by atoms with Gasteiger partial charge < -0.3 is 15.4 Å². The molecule has 0 saturated carbocycles. The second-order valence-corrected chi connectivity index (χ2v) is 5.07. The minimum atomic E-state index is -0.769. The summed E-state index contributed by atoms with van der Waals surface area (Å²) in [5.41, 5.74) is 6.40. The monoisotopic (exact) mass is 278 g/mol. The molecule has 1 aromatic rings. The average molecular weight is 278 g/mol. The second-order valence-electron chi connectivity index (χ2n) is 5.07. The van der Waals surface area contributed by atoms with Crippen LogP contribution < -0.4 is 10.5 Å². The lowest BCUT2D eigenvalue weighted by atomic mass is 9.92. The number of amides is 1. The summed E-state index contributed by atoms with van der Waals surface area (Å²) >= 11 is 0. The van der Waals surface area contributed by atoms with Crippen LogP contribution in [-0.4, -0.2) is 30.0 Å². The number of carbonyl (C=O) groups is 1. The van der Waals surface area contributed by atoms with Gasteiger partial charge in [-0.05, 0) is 25.8 Å². The summed E-state index contributed by atoms with van der Waals surface area (Å²) in [6, 6.07) is 7.78. The number of ether oxygens (including phenoxy) is 1. The minimum absolute atomic E-state index is 0.0196. The zero-order chi connectivity index (χ0) is 15.2. The Balaban J connectivity index is 2.85. The van der Waals surface area contributed by atoms with E-state index in [1.165, 1.54) is 0 Å². The molecule has 1 amide bonds. The fourth-order valence-corrected chi connectivity index (χ4v) is 2.19. The van der Waals surface area contributed by atoms with E-state index in [4.69, 9.17) is 10.5 Å². The van der Waals surface area contributed by atoms with Gasteiger partial charge in [-0.3, -0.25) is 4.79 Å². The fraction of sp³-hybridized carbons (Fsp3) is 0.562. The number of nitrogens with zero attached hydrogens (tertiary/aromatic N) is 1. The number of benzene rings is 1. The Labute approximate surface area is 121 Å². The van der Waals surface area contributed by atoms with Crippen LogP contribution in [0.1, 0.15) is 39.2 Å². The van der Waals surface area contributed by atoms with Gasteiger partial charge in [0.2, 0.25) is 5.91 Å². The summed E-state index contributed by atoms with van der Waals surface area (Å²) in [6.45, 7) is 6.96. The molecule has 0 spiro atoms. The predicted molar refractivity (Wildman–Crippen MR) is 81.6 cm³/mol. The highest BCUT2D eigenvalue weighted by molar-refractivity contribution is 5.85. The lowest BCUT2D eigenvalue weighted by Crippen LogP contribution is -2.53. The largest absolute Gasteiger partial charge is 0.494 e. The number of hydrogen-bond acceptors (Lipinski definition) is 3. The highest BCUT2D eigenvalue weighted by Gasteiger charge is 2.32. The van der Waals surface area contributed by atoms with Crippen LogP contribution >= 0.6 is 0 Å². The first-order valence-electron chi connectivity index (χ1n) is 7.23. The maximum atomic E-state index is 12.5. The van der Waals surface area contributed by atoms with Gasteiger partial charge in [0.15, 0.2) is 0 Å². The lowest BCUT2D eigenvalue weighted by Gasteiger charge is -2.31. The van der Waals surface area contributed by atoms with E-state index in [0.29, 0.717) is 26.0 Å². The minimum Gasteiger partial charge on any atom is -0.494 e. The summed E-state index contributed by atoms with van der Waals surface area (Å²) in [6.07, 6.45) is 1.28. The smallest absolute Gasteiger partial charge is 0.242 e. The van der Waals surface area contributed by atoms with Crippen LogP contribution in [0.5, 0.6) is 5.75 Å². The number of para-hydroxylation sites is 1. The van der Waals surface area contributed by atoms with Gasteiger partial charge in [-0.25, -0.2) is 0 Å². The van der Waals surface area contributed by atoms with E-state index in [1.54, 1.807) is 11.9 Å². The maximum absolute atomic E-state index is 12.5. The normalized spacial score (nSPS) is 11.2. The molecule has 0 radical (unpaired) electrons. The molecule has 0 heterocycles. The first kappa shape index (κ1) is 16.5. The average Bonchev–Trinajstić information content (AvgIpc) is 2.47. The SMILES string of the molecule is CCOc1ccccc1CN(C)C(=O)C(N)(CC)CC. The molecule has 0 bridgehead atoms. The van der Waals surface area contributed by atoms with Crippen LogP contribution in [0, 0.1) is 0 Å². The Kier molecular flexibility index (Phi) is 6.02. The molecule has 2 N–H and O–H groups in total. The number of carbonyl (C=O) groups excluding carboxylic acids is 1. The zero-order valence-corrected chi connectivity index (χ0v) is 13.0. The summed E-state index contributed by atoms with van der Waals surface area (Å²) in [5, 5.41) is 0. The first-order valence-corrected chi connectivity index (χ1v) is 7.23. The van der Waals surface area contributed by atoms with Gasteiger partial charge >= 0.3 is 0 Å². The van der Waals surface area contributed by atoms with Gasteiger partial charge in [0.25, 0.3) is 0 Å². The number of hydrogen-bond donors (Lipinski definition) is 1. The lowest BCUT2D eigenvalue weighted by molar-refractivity contribution is -0.136.